The Morgan fingerprint density at radius 2 is 1.86 bits per heavy atom. The second kappa shape index (κ2) is 5.65. The van der Waals surface area contributed by atoms with E-state index in [0.29, 0.717) is 11.3 Å². The molecule has 3 rings (SSSR count). The second-order valence-corrected chi connectivity index (χ2v) is 6.17. The van der Waals surface area contributed by atoms with Gasteiger partial charge < -0.3 is 9.47 Å². The van der Waals surface area contributed by atoms with E-state index in [4.69, 9.17) is 44.3 Å². The van der Waals surface area contributed by atoms with Crippen LogP contribution >= 0.6 is 34.8 Å². The number of methoxy groups -OCH3 is 1. The summed E-state index contributed by atoms with van der Waals surface area (Å²) in [4.78, 5) is 11.4. The third-order valence-corrected chi connectivity index (χ3v) is 5.06. The molecule has 0 bridgehead atoms. The Hall–Kier alpha value is -1.42. The Labute approximate surface area is 142 Å². The number of benzene rings is 2. The van der Waals surface area contributed by atoms with Crippen LogP contribution in [0.2, 0.25) is 5.02 Å². The molecule has 6 heteroatoms. The summed E-state index contributed by atoms with van der Waals surface area (Å²) in [5.41, 5.74) is -0.248. The van der Waals surface area contributed by atoms with Crippen molar-refractivity contribution in [2.24, 2.45) is 0 Å². The maximum absolute atomic E-state index is 12.9. The molecule has 1 heterocycles. The SMILES string of the molecule is COc1ccc2c(c1Cl)OC(Cl)C(Cl)(c1ccccc1)C2=O. The zero-order valence-corrected chi connectivity index (χ0v) is 13.7. The molecule has 0 aromatic heterocycles. The van der Waals surface area contributed by atoms with Crippen molar-refractivity contribution in [2.45, 2.75) is 10.4 Å². The summed E-state index contributed by atoms with van der Waals surface area (Å²) in [6.07, 6.45) is 0. The number of carbonyl (C=O) groups is 1. The van der Waals surface area contributed by atoms with Gasteiger partial charge in [0.15, 0.2) is 16.4 Å². The lowest BCUT2D eigenvalue weighted by Gasteiger charge is -2.36. The topological polar surface area (TPSA) is 35.5 Å². The predicted molar refractivity (Wildman–Crippen MR) is 86.6 cm³/mol. The number of fused-ring (bicyclic) bond motifs is 1. The molecule has 1 aliphatic heterocycles. The van der Waals surface area contributed by atoms with E-state index in [0.717, 1.165) is 0 Å². The van der Waals surface area contributed by atoms with Crippen LogP contribution in [0, 0.1) is 0 Å². The summed E-state index contributed by atoms with van der Waals surface area (Å²) >= 11 is 19.0. The van der Waals surface area contributed by atoms with Crippen molar-refractivity contribution in [3.05, 3.63) is 58.6 Å². The number of ether oxygens (including phenoxy) is 2. The number of rotatable bonds is 2. The lowest BCUT2D eigenvalue weighted by molar-refractivity contribution is 0.0825. The van der Waals surface area contributed by atoms with E-state index in [1.807, 2.05) is 6.07 Å². The van der Waals surface area contributed by atoms with Crippen molar-refractivity contribution < 1.29 is 14.3 Å². The Morgan fingerprint density at radius 1 is 1.18 bits per heavy atom. The van der Waals surface area contributed by atoms with Crippen molar-refractivity contribution in [1.82, 2.24) is 0 Å². The lowest BCUT2D eigenvalue weighted by Crippen LogP contribution is -2.45. The van der Waals surface area contributed by atoms with Gasteiger partial charge >= 0.3 is 0 Å². The van der Waals surface area contributed by atoms with Crippen LogP contribution in [0.1, 0.15) is 15.9 Å². The molecule has 2 unspecified atom stereocenters. The Bertz CT molecular complexity index is 733. The maximum atomic E-state index is 12.9. The van der Waals surface area contributed by atoms with Crippen LogP contribution in [-0.4, -0.2) is 18.5 Å². The molecule has 3 nitrogen and oxygen atoms in total. The van der Waals surface area contributed by atoms with Crippen molar-refractivity contribution in [3.63, 3.8) is 0 Å². The van der Waals surface area contributed by atoms with Gasteiger partial charge in [0.2, 0.25) is 5.56 Å². The first-order chi connectivity index (χ1) is 10.5. The summed E-state index contributed by atoms with van der Waals surface area (Å²) in [6.45, 7) is 0. The van der Waals surface area contributed by atoms with Gasteiger partial charge in [-0.15, -0.1) is 0 Å². The first-order valence-corrected chi connectivity index (χ1v) is 7.65. The molecule has 0 spiro atoms. The minimum absolute atomic E-state index is 0.193. The first-order valence-electron chi connectivity index (χ1n) is 6.46. The van der Waals surface area contributed by atoms with E-state index >= 15 is 0 Å². The fraction of sp³-hybridized carbons (Fsp3) is 0.188. The number of carbonyl (C=O) groups excluding carboxylic acids is 1. The molecule has 2 aromatic rings. The average Bonchev–Trinajstić information content (AvgIpc) is 2.54. The van der Waals surface area contributed by atoms with Gasteiger partial charge in [0.1, 0.15) is 10.8 Å². The van der Waals surface area contributed by atoms with E-state index in [1.165, 1.54) is 7.11 Å². The number of halogens is 3. The summed E-state index contributed by atoms with van der Waals surface area (Å²) in [5.74, 6) is 0.239. The molecule has 0 amide bonds. The van der Waals surface area contributed by atoms with Crippen LogP contribution in [-0.2, 0) is 4.87 Å². The molecule has 114 valence electrons. The van der Waals surface area contributed by atoms with E-state index in [2.05, 4.69) is 0 Å². The lowest BCUT2D eigenvalue weighted by atomic mass is 9.87. The van der Waals surface area contributed by atoms with Gasteiger partial charge in [-0.25, -0.2) is 0 Å². The Morgan fingerprint density at radius 3 is 2.50 bits per heavy atom. The molecule has 1 aliphatic rings. The quantitative estimate of drug-likeness (QED) is 0.736. The van der Waals surface area contributed by atoms with Gasteiger partial charge in [0.05, 0.1) is 12.7 Å². The minimum Gasteiger partial charge on any atom is -0.495 e. The number of Topliss-reactive ketones (excluding diaryl/α,β-unsaturated/α-hetero) is 1. The van der Waals surface area contributed by atoms with Crippen LogP contribution in [0.25, 0.3) is 0 Å². The highest BCUT2D eigenvalue weighted by molar-refractivity contribution is 6.44. The van der Waals surface area contributed by atoms with Crippen LogP contribution in [0.4, 0.5) is 0 Å². The minimum atomic E-state index is -1.51. The largest absolute Gasteiger partial charge is 0.495 e. The molecule has 0 radical (unpaired) electrons. The fourth-order valence-electron chi connectivity index (χ4n) is 2.42. The van der Waals surface area contributed by atoms with Crippen molar-refractivity contribution >= 4 is 40.6 Å². The van der Waals surface area contributed by atoms with Gasteiger partial charge in [0, 0.05) is 0 Å². The Kier molecular flexibility index (Phi) is 3.98. The summed E-state index contributed by atoms with van der Waals surface area (Å²) in [6, 6.07) is 12.0. The molecule has 0 aliphatic carbocycles. The second-order valence-electron chi connectivity index (χ2n) is 4.80. The van der Waals surface area contributed by atoms with Gasteiger partial charge in [-0.2, -0.15) is 0 Å². The number of hydrogen-bond acceptors (Lipinski definition) is 3. The zero-order chi connectivity index (χ0) is 15.9. The number of ketones is 1. The van der Waals surface area contributed by atoms with E-state index < -0.39 is 10.4 Å². The van der Waals surface area contributed by atoms with Crippen LogP contribution < -0.4 is 9.47 Å². The van der Waals surface area contributed by atoms with Gasteiger partial charge in [-0.05, 0) is 17.7 Å². The first kappa shape index (κ1) is 15.5. The third-order valence-electron chi connectivity index (χ3n) is 3.58. The molecule has 2 atom stereocenters. The zero-order valence-electron chi connectivity index (χ0n) is 11.5. The molecular formula is C16H11Cl3O3. The highest BCUT2D eigenvalue weighted by atomic mass is 35.5. The standard InChI is InChI=1S/C16H11Cl3O3/c1-21-11-8-7-10-13(12(11)17)22-15(18)16(19,14(10)20)9-5-3-2-4-6-9/h2-8,15H,1H3. The summed E-state index contributed by atoms with van der Waals surface area (Å²) < 4.78 is 10.8. The van der Waals surface area contributed by atoms with Crippen molar-refractivity contribution in [3.8, 4) is 11.5 Å². The predicted octanol–water partition coefficient (Wildman–Crippen LogP) is 4.62. The van der Waals surface area contributed by atoms with Crippen LogP contribution in [0.15, 0.2) is 42.5 Å². The summed E-state index contributed by atoms with van der Waals surface area (Å²) in [5, 5.41) is 0.200. The molecule has 0 saturated carbocycles. The van der Waals surface area contributed by atoms with Gasteiger partial charge in [-0.3, -0.25) is 4.79 Å². The molecule has 0 fully saturated rings. The molecule has 22 heavy (non-hydrogen) atoms. The third kappa shape index (κ3) is 2.16. The van der Waals surface area contributed by atoms with E-state index in [1.54, 1.807) is 36.4 Å². The highest BCUT2D eigenvalue weighted by Crippen LogP contribution is 2.49. The number of alkyl halides is 2. The Balaban J connectivity index is 2.17. The fourth-order valence-corrected chi connectivity index (χ4v) is 3.29. The smallest absolute Gasteiger partial charge is 0.202 e. The maximum Gasteiger partial charge on any atom is 0.202 e. The van der Waals surface area contributed by atoms with Crippen molar-refractivity contribution in [2.75, 3.05) is 7.11 Å². The molecule has 0 N–H and O–H groups in total. The summed E-state index contributed by atoms with van der Waals surface area (Å²) in [7, 11) is 1.48. The molecule has 0 saturated heterocycles. The van der Waals surface area contributed by atoms with Gasteiger partial charge in [-0.1, -0.05) is 65.1 Å². The normalized spacial score (nSPS) is 23.6. The van der Waals surface area contributed by atoms with Gasteiger partial charge in [0.25, 0.3) is 0 Å². The molecular weight excluding hydrogens is 347 g/mol. The van der Waals surface area contributed by atoms with E-state index in [9.17, 15) is 4.79 Å². The van der Waals surface area contributed by atoms with Crippen LogP contribution in [0.3, 0.4) is 0 Å². The monoisotopic (exact) mass is 356 g/mol. The molecule has 2 aromatic carbocycles. The van der Waals surface area contributed by atoms with Crippen molar-refractivity contribution in [1.29, 1.82) is 0 Å². The average molecular weight is 358 g/mol. The number of hydrogen-bond donors (Lipinski definition) is 0. The van der Waals surface area contributed by atoms with E-state index in [-0.39, 0.29) is 22.1 Å². The van der Waals surface area contributed by atoms with Crippen LogP contribution in [0.5, 0.6) is 11.5 Å². The highest BCUT2D eigenvalue weighted by Gasteiger charge is 2.51.